The summed E-state index contributed by atoms with van der Waals surface area (Å²) in [6.07, 6.45) is 26.4. The van der Waals surface area contributed by atoms with Gasteiger partial charge in [-0.3, -0.25) is 9.59 Å². The van der Waals surface area contributed by atoms with E-state index in [1.54, 1.807) is 0 Å². The van der Waals surface area contributed by atoms with Crippen molar-refractivity contribution < 1.29 is 0 Å². The third kappa shape index (κ3) is 9.06. The molecule has 0 aromatic carbocycles. The molecule has 0 bridgehead atoms. The predicted octanol–water partition coefficient (Wildman–Crippen LogP) is 6.38. The highest BCUT2D eigenvalue weighted by Crippen LogP contribution is 2.14. The highest BCUT2D eigenvalue weighted by molar-refractivity contribution is 5.16. The Morgan fingerprint density at radius 2 is 1.03 bits per heavy atom. The fourth-order valence-corrected chi connectivity index (χ4v) is 4.42. The molecular formula is C26H42N2O2. The summed E-state index contributed by atoms with van der Waals surface area (Å²) >= 11 is 0. The van der Waals surface area contributed by atoms with E-state index in [-0.39, 0.29) is 11.1 Å². The molecule has 0 aliphatic carbocycles. The van der Waals surface area contributed by atoms with Crippen LogP contribution in [0.5, 0.6) is 0 Å². The van der Waals surface area contributed by atoms with E-state index in [4.69, 9.17) is 0 Å². The Morgan fingerprint density at radius 1 is 0.600 bits per heavy atom. The molecule has 2 heterocycles. The molecule has 0 radical (unpaired) electrons. The Kier molecular flexibility index (Phi) is 12.6. The minimum atomic E-state index is -0.294. The van der Waals surface area contributed by atoms with Gasteiger partial charge in [-0.1, -0.05) is 116 Å². The quantitative estimate of drug-likeness (QED) is 0.250. The standard InChI is InChI=1S/C26H42N2O2/c1-2-3-4-5-6-7-8-9-10-11-12-13-14-15-16-17-18-19-20-23-24-22(25(29)28-23)21-27-26(24)30/h21H,2-20H2,1H3. The van der Waals surface area contributed by atoms with E-state index in [2.05, 4.69) is 16.9 Å². The molecule has 0 saturated heterocycles. The second-order valence-electron chi connectivity index (χ2n) is 8.98. The van der Waals surface area contributed by atoms with E-state index in [0.29, 0.717) is 16.1 Å². The Hall–Kier alpha value is -1.58. The molecule has 0 unspecified atom stereocenters. The average molecular weight is 415 g/mol. The van der Waals surface area contributed by atoms with E-state index >= 15 is 0 Å². The lowest BCUT2D eigenvalue weighted by Crippen LogP contribution is -2.04. The van der Waals surface area contributed by atoms with Crippen molar-refractivity contribution in [3.63, 3.8) is 0 Å². The van der Waals surface area contributed by atoms with Crippen LogP contribution in [0.4, 0.5) is 0 Å². The number of aromatic nitrogens is 2. The van der Waals surface area contributed by atoms with Crippen LogP contribution in [0.2, 0.25) is 0 Å². The van der Waals surface area contributed by atoms with Crippen molar-refractivity contribution in [1.82, 2.24) is 9.97 Å². The molecule has 2 aliphatic heterocycles. The SMILES string of the molecule is CCCCCCCCCCCCCCCCCCCCc1nc(=O)c2cnc(=O)c1=2. The fraction of sp³-hybridized carbons (Fsp3) is 0.769. The first-order valence-corrected chi connectivity index (χ1v) is 12.7. The summed E-state index contributed by atoms with van der Waals surface area (Å²) in [7, 11) is 0. The molecule has 0 atom stereocenters. The second-order valence-corrected chi connectivity index (χ2v) is 8.98. The summed E-state index contributed by atoms with van der Waals surface area (Å²) in [6.45, 7) is 2.28. The molecule has 0 N–H and O–H groups in total. The molecule has 168 valence electrons. The van der Waals surface area contributed by atoms with Crippen LogP contribution in [-0.2, 0) is 6.42 Å². The summed E-state index contributed by atoms with van der Waals surface area (Å²) in [4.78, 5) is 31.2. The van der Waals surface area contributed by atoms with Gasteiger partial charge in [-0.25, -0.2) is 9.97 Å². The average Bonchev–Trinajstić information content (AvgIpc) is 3.28. The summed E-state index contributed by atoms with van der Waals surface area (Å²) < 4.78 is 0. The van der Waals surface area contributed by atoms with E-state index < -0.39 is 0 Å². The molecule has 2 aliphatic rings. The van der Waals surface area contributed by atoms with Crippen LogP contribution in [0.1, 0.15) is 128 Å². The van der Waals surface area contributed by atoms with Crippen molar-refractivity contribution in [2.24, 2.45) is 0 Å². The zero-order valence-corrected chi connectivity index (χ0v) is 19.2. The Morgan fingerprint density at radius 3 is 1.50 bits per heavy atom. The molecule has 4 heteroatoms. The van der Waals surface area contributed by atoms with Gasteiger partial charge in [0.1, 0.15) is 0 Å². The lowest BCUT2D eigenvalue weighted by molar-refractivity contribution is 0.525. The molecule has 0 saturated carbocycles. The number of aryl methyl sites for hydroxylation is 1. The van der Waals surface area contributed by atoms with Gasteiger partial charge in [-0.2, -0.15) is 0 Å². The van der Waals surface area contributed by atoms with Gasteiger partial charge in [0, 0.05) is 6.20 Å². The summed E-state index contributed by atoms with van der Waals surface area (Å²) in [5.41, 5.74) is 0.0722. The largest absolute Gasteiger partial charge is 0.279 e. The van der Waals surface area contributed by atoms with Crippen LogP contribution in [-0.4, -0.2) is 9.97 Å². The maximum absolute atomic E-state index is 11.7. The lowest BCUT2D eigenvalue weighted by Gasteiger charge is -2.03. The number of nitrogens with zero attached hydrogens (tertiary/aromatic N) is 2. The Balaban J connectivity index is 1.35. The number of hydrogen-bond donors (Lipinski definition) is 0. The monoisotopic (exact) mass is 414 g/mol. The number of hydrogen-bond acceptors (Lipinski definition) is 4. The van der Waals surface area contributed by atoms with Crippen LogP contribution < -0.4 is 11.1 Å². The van der Waals surface area contributed by atoms with Crippen molar-refractivity contribution in [2.75, 3.05) is 0 Å². The normalized spacial score (nSPS) is 11.6. The van der Waals surface area contributed by atoms with Gasteiger partial charge >= 0.3 is 0 Å². The molecule has 2 rings (SSSR count). The zero-order chi connectivity index (χ0) is 21.4. The summed E-state index contributed by atoms with van der Waals surface area (Å²) in [6, 6.07) is 0. The second kappa shape index (κ2) is 15.3. The van der Waals surface area contributed by atoms with Crippen molar-refractivity contribution in [3.05, 3.63) is 43.0 Å². The molecule has 30 heavy (non-hydrogen) atoms. The van der Waals surface area contributed by atoms with Crippen molar-refractivity contribution in [2.45, 2.75) is 129 Å². The van der Waals surface area contributed by atoms with Crippen molar-refractivity contribution >= 4 is 0 Å². The topological polar surface area (TPSA) is 59.9 Å². The zero-order valence-electron chi connectivity index (χ0n) is 19.2. The first-order chi connectivity index (χ1) is 14.7. The molecule has 0 aromatic rings. The van der Waals surface area contributed by atoms with Gasteiger partial charge in [-0.15, -0.1) is 0 Å². The van der Waals surface area contributed by atoms with Gasteiger partial charge in [0.05, 0.1) is 16.1 Å². The first kappa shape index (κ1) is 24.7. The molecule has 0 amide bonds. The third-order valence-electron chi connectivity index (χ3n) is 6.32. The highest BCUT2D eigenvalue weighted by atomic mass is 16.1. The van der Waals surface area contributed by atoms with Crippen molar-refractivity contribution in [3.8, 4) is 0 Å². The molecule has 0 fully saturated rings. The minimum Gasteiger partial charge on any atom is -0.267 e. The summed E-state index contributed by atoms with van der Waals surface area (Å²) in [5.74, 6) is 0. The minimum absolute atomic E-state index is 0.294. The number of rotatable bonds is 19. The van der Waals surface area contributed by atoms with E-state index in [9.17, 15) is 9.59 Å². The van der Waals surface area contributed by atoms with Gasteiger partial charge < -0.3 is 0 Å². The Labute approximate surface area is 182 Å². The van der Waals surface area contributed by atoms with Crippen LogP contribution in [0.3, 0.4) is 0 Å². The van der Waals surface area contributed by atoms with Gasteiger partial charge in [-0.05, 0) is 12.8 Å². The molecule has 0 spiro atoms. The van der Waals surface area contributed by atoms with Crippen LogP contribution in [0.25, 0.3) is 0 Å². The summed E-state index contributed by atoms with van der Waals surface area (Å²) in [5, 5.41) is 0.865. The van der Waals surface area contributed by atoms with Crippen LogP contribution in [0, 0.1) is 10.4 Å². The fourth-order valence-electron chi connectivity index (χ4n) is 4.42. The molecule has 4 nitrogen and oxygen atoms in total. The maximum atomic E-state index is 11.7. The van der Waals surface area contributed by atoms with Crippen LogP contribution >= 0.6 is 0 Å². The van der Waals surface area contributed by atoms with Crippen molar-refractivity contribution in [1.29, 1.82) is 0 Å². The van der Waals surface area contributed by atoms with E-state index in [1.807, 2.05) is 0 Å². The first-order valence-electron chi connectivity index (χ1n) is 12.7. The van der Waals surface area contributed by atoms with Gasteiger partial charge in [0.15, 0.2) is 0 Å². The Bertz CT molecular complexity index is 820. The predicted molar refractivity (Wildman–Crippen MR) is 125 cm³/mol. The van der Waals surface area contributed by atoms with E-state index in [0.717, 1.165) is 19.3 Å². The third-order valence-corrected chi connectivity index (χ3v) is 6.32. The van der Waals surface area contributed by atoms with E-state index in [1.165, 1.54) is 109 Å². The maximum Gasteiger partial charge on any atom is 0.279 e. The smallest absolute Gasteiger partial charge is 0.267 e. The highest BCUT2D eigenvalue weighted by Gasteiger charge is 2.11. The van der Waals surface area contributed by atoms with Gasteiger partial charge in [0.2, 0.25) is 0 Å². The van der Waals surface area contributed by atoms with Gasteiger partial charge in [0.25, 0.3) is 11.1 Å². The molecular weight excluding hydrogens is 372 g/mol. The number of unbranched alkanes of at least 4 members (excludes halogenated alkanes) is 17. The molecule has 0 aromatic heterocycles. The van der Waals surface area contributed by atoms with Crippen LogP contribution in [0.15, 0.2) is 15.8 Å². The lowest BCUT2D eigenvalue weighted by atomic mass is 10.0.